The number of hydrogen-bond donors (Lipinski definition) is 9. The number of aliphatic carboxylic acids is 1. The largest absolute Gasteiger partial charge is 0.480 e. The van der Waals surface area contributed by atoms with Gasteiger partial charge in [0.15, 0.2) is 0 Å². The van der Waals surface area contributed by atoms with Crippen LogP contribution in [0.15, 0.2) is 103 Å². The quantitative estimate of drug-likeness (QED) is 0.0573. The van der Waals surface area contributed by atoms with Gasteiger partial charge in [-0.3, -0.25) is 38.4 Å². The van der Waals surface area contributed by atoms with Gasteiger partial charge in [-0.1, -0.05) is 119 Å². The normalized spacial score (nSPS) is 13.4. The number of carbonyl (C=O) groups excluding carboxylic acids is 8. The molecule has 3 aromatic carbocycles. The van der Waals surface area contributed by atoms with E-state index in [-0.39, 0.29) is 18.8 Å². The zero-order valence-corrected chi connectivity index (χ0v) is 34.9. The molecule has 18 nitrogen and oxygen atoms in total. The van der Waals surface area contributed by atoms with Crippen molar-refractivity contribution in [1.29, 1.82) is 0 Å². The van der Waals surface area contributed by atoms with E-state index in [4.69, 9.17) is 5.73 Å². The maximum absolute atomic E-state index is 14.0. The molecule has 3 rings (SSSR count). The fourth-order valence-corrected chi connectivity index (χ4v) is 5.96. The summed E-state index contributed by atoms with van der Waals surface area (Å²) in [5.74, 6) is -8.24. The number of amides is 8. The van der Waals surface area contributed by atoms with E-state index in [9.17, 15) is 48.3 Å². The number of nitrogens with one attached hydrogen (secondary N) is 7. The maximum Gasteiger partial charge on any atom is 0.326 e. The van der Waals surface area contributed by atoms with Gasteiger partial charge in [-0.15, -0.1) is 0 Å². The van der Waals surface area contributed by atoms with Gasteiger partial charge in [-0.2, -0.15) is 0 Å². The lowest BCUT2D eigenvalue weighted by Gasteiger charge is -2.28. The van der Waals surface area contributed by atoms with Crippen LogP contribution in [-0.4, -0.2) is 95.6 Å². The molecule has 330 valence electrons. The molecule has 3 aromatic rings. The Hall–Kier alpha value is -7.37. The molecule has 0 aromatic heterocycles. The average molecular weight is 855 g/mol. The van der Waals surface area contributed by atoms with E-state index in [0.29, 0.717) is 16.7 Å². The average Bonchev–Trinajstić information content (AvgIpc) is 3.24. The maximum atomic E-state index is 14.0. The minimum Gasteiger partial charge on any atom is -0.480 e. The molecule has 0 spiro atoms. The minimum atomic E-state index is -1.35. The number of benzene rings is 3. The van der Waals surface area contributed by atoms with Crippen molar-refractivity contribution in [2.45, 2.75) is 70.7 Å². The van der Waals surface area contributed by atoms with Crippen molar-refractivity contribution in [3.63, 3.8) is 0 Å². The van der Waals surface area contributed by atoms with Gasteiger partial charge in [0.2, 0.25) is 47.3 Å². The monoisotopic (exact) mass is 854 g/mol. The third kappa shape index (κ3) is 16.7. The molecule has 62 heavy (non-hydrogen) atoms. The molecule has 0 saturated heterocycles. The predicted octanol–water partition coefficient (Wildman–Crippen LogP) is -0.0610. The number of carboxylic acid groups (broad SMARTS) is 1. The van der Waals surface area contributed by atoms with Gasteiger partial charge in [-0.05, 0) is 28.5 Å². The lowest BCUT2D eigenvalue weighted by atomic mass is 9.98. The Morgan fingerprint density at radius 3 is 1.53 bits per heavy atom. The highest BCUT2D eigenvalue weighted by atomic mass is 16.4. The van der Waals surface area contributed by atoms with Gasteiger partial charge in [0.1, 0.15) is 30.2 Å². The summed E-state index contributed by atoms with van der Waals surface area (Å²) in [5.41, 5.74) is 7.18. The summed E-state index contributed by atoms with van der Waals surface area (Å²) in [6.07, 6.45) is 1.66. The lowest BCUT2D eigenvalue weighted by molar-refractivity contribution is -0.141. The standard InChI is InChI=1S/C44H54N8O10/c1-26(2)37(40(45)57)50-42(59)38(27(3)4)51-43(60)39(30-18-12-7-13-19-30)52-41(58)31(22-28-14-8-5-9-15-28)48-34(54)21-20-33(53)46-24-35(55)47-25-36(56)49-32(44(61)62)23-29-16-10-6-11-17-29/h5-21,26-27,31-32,37-39H,22-25H2,1-4H3,(H2,45,57)(H,46,53)(H,47,55)(H,48,54)(H,49,56)(H,50,59)(H,51,60)(H,52,58)(H,61,62)/b21-20+/t31-,32-,37-,38-,39-/m0/s1. The van der Waals surface area contributed by atoms with E-state index in [0.717, 1.165) is 12.2 Å². The highest BCUT2D eigenvalue weighted by Crippen LogP contribution is 2.16. The molecule has 0 aliphatic carbocycles. The molecular formula is C44H54N8O10. The smallest absolute Gasteiger partial charge is 0.326 e. The highest BCUT2D eigenvalue weighted by Gasteiger charge is 2.34. The van der Waals surface area contributed by atoms with Crippen molar-refractivity contribution in [3.8, 4) is 0 Å². The van der Waals surface area contributed by atoms with Gasteiger partial charge in [-0.25, -0.2) is 4.79 Å². The second kappa shape index (κ2) is 24.6. The van der Waals surface area contributed by atoms with Gasteiger partial charge < -0.3 is 48.1 Å². The van der Waals surface area contributed by atoms with Crippen LogP contribution in [0, 0.1) is 11.8 Å². The minimum absolute atomic E-state index is 0.0236. The molecule has 0 heterocycles. The molecule has 0 bridgehead atoms. The molecule has 0 aliphatic heterocycles. The molecule has 0 aliphatic rings. The molecule has 0 fully saturated rings. The molecule has 0 saturated carbocycles. The number of hydrogen-bond acceptors (Lipinski definition) is 9. The first-order valence-corrected chi connectivity index (χ1v) is 19.8. The number of primary amides is 1. The third-order valence-corrected chi connectivity index (χ3v) is 9.29. The van der Waals surface area contributed by atoms with Crippen molar-refractivity contribution in [2.24, 2.45) is 17.6 Å². The number of carbonyl (C=O) groups is 9. The van der Waals surface area contributed by atoms with Crippen LogP contribution in [0.5, 0.6) is 0 Å². The van der Waals surface area contributed by atoms with Crippen molar-refractivity contribution in [1.82, 2.24) is 37.2 Å². The topological polar surface area (TPSA) is 284 Å². The summed E-state index contributed by atoms with van der Waals surface area (Å²) in [4.78, 5) is 115. The van der Waals surface area contributed by atoms with E-state index >= 15 is 0 Å². The van der Waals surface area contributed by atoms with E-state index in [1.54, 1.807) is 119 Å². The molecule has 18 heteroatoms. The first-order chi connectivity index (χ1) is 29.4. The Morgan fingerprint density at radius 1 is 0.532 bits per heavy atom. The summed E-state index contributed by atoms with van der Waals surface area (Å²) in [5, 5.41) is 26.9. The van der Waals surface area contributed by atoms with Crippen LogP contribution in [0.4, 0.5) is 0 Å². The van der Waals surface area contributed by atoms with E-state index in [1.165, 1.54) is 0 Å². The fraction of sp³-hybridized carbons (Fsp3) is 0.341. The molecule has 10 N–H and O–H groups in total. The second-order valence-electron chi connectivity index (χ2n) is 14.9. The zero-order valence-electron chi connectivity index (χ0n) is 34.9. The van der Waals surface area contributed by atoms with Gasteiger partial charge in [0.05, 0.1) is 13.1 Å². The molecular weight excluding hydrogens is 801 g/mol. The van der Waals surface area contributed by atoms with Crippen molar-refractivity contribution < 1.29 is 48.3 Å². The first kappa shape index (κ1) is 49.0. The highest BCUT2D eigenvalue weighted by molar-refractivity contribution is 6.00. The van der Waals surface area contributed by atoms with Gasteiger partial charge >= 0.3 is 5.97 Å². The Balaban J connectivity index is 1.66. The van der Waals surface area contributed by atoms with E-state index < -0.39 is 102 Å². The summed E-state index contributed by atoms with van der Waals surface area (Å²) in [6.45, 7) is 5.65. The van der Waals surface area contributed by atoms with Crippen LogP contribution in [0.3, 0.4) is 0 Å². The summed E-state index contributed by atoms with van der Waals surface area (Å²) in [7, 11) is 0. The van der Waals surface area contributed by atoms with Crippen molar-refractivity contribution in [2.75, 3.05) is 13.1 Å². The predicted molar refractivity (Wildman–Crippen MR) is 227 cm³/mol. The Bertz CT molecular complexity index is 2060. The van der Waals surface area contributed by atoms with Crippen molar-refractivity contribution >= 4 is 53.2 Å². The molecule has 0 radical (unpaired) electrons. The number of nitrogens with two attached hydrogens (primary N) is 1. The molecule has 0 unspecified atom stereocenters. The summed E-state index contributed by atoms with van der Waals surface area (Å²) >= 11 is 0. The fourth-order valence-electron chi connectivity index (χ4n) is 5.96. The third-order valence-electron chi connectivity index (χ3n) is 9.29. The summed E-state index contributed by atoms with van der Waals surface area (Å²) in [6, 6.07) is 19.5. The molecule has 5 atom stereocenters. The van der Waals surface area contributed by atoms with Gasteiger partial charge in [0.25, 0.3) is 0 Å². The van der Waals surface area contributed by atoms with Crippen LogP contribution in [0.25, 0.3) is 0 Å². The Kier molecular flexibility index (Phi) is 19.5. The SMILES string of the molecule is CC(C)[C@H](NC(=O)[C@@H](NC(=O)[C@@H](NC(=O)[C@H](Cc1ccccc1)NC(=O)/C=C/C(=O)NCC(=O)NCC(=O)N[C@@H](Cc1ccccc1)C(=O)O)c1ccccc1)C(C)C)C(N)=O. The van der Waals surface area contributed by atoms with Crippen molar-refractivity contribution in [3.05, 3.63) is 120 Å². The number of rotatable bonds is 23. The second-order valence-corrected chi connectivity index (χ2v) is 14.9. The van der Waals surface area contributed by atoms with E-state index in [1.807, 2.05) is 0 Å². The van der Waals surface area contributed by atoms with Crippen LogP contribution >= 0.6 is 0 Å². The van der Waals surface area contributed by atoms with Gasteiger partial charge in [0, 0.05) is 25.0 Å². The van der Waals surface area contributed by atoms with Crippen LogP contribution in [0.1, 0.15) is 50.4 Å². The van der Waals surface area contributed by atoms with Crippen LogP contribution in [0.2, 0.25) is 0 Å². The Morgan fingerprint density at radius 2 is 1.02 bits per heavy atom. The van der Waals surface area contributed by atoms with E-state index in [2.05, 4.69) is 37.2 Å². The summed E-state index contributed by atoms with van der Waals surface area (Å²) < 4.78 is 0. The first-order valence-electron chi connectivity index (χ1n) is 19.8. The van der Waals surface area contributed by atoms with Crippen LogP contribution < -0.4 is 43.0 Å². The lowest BCUT2D eigenvalue weighted by Crippen LogP contribution is -2.58. The zero-order chi connectivity index (χ0) is 45.8. The Labute approximate surface area is 359 Å². The van der Waals surface area contributed by atoms with Crippen LogP contribution in [-0.2, 0) is 56.0 Å². The molecule has 8 amide bonds. The number of carboxylic acids is 1.